The maximum absolute atomic E-state index is 12.8. The van der Waals surface area contributed by atoms with Gasteiger partial charge in [-0.2, -0.15) is 8.61 Å². The van der Waals surface area contributed by atoms with Gasteiger partial charge in [-0.05, 0) is 59.3 Å². The topological polar surface area (TPSA) is 84.0 Å². The van der Waals surface area contributed by atoms with Gasteiger partial charge in [-0.3, -0.25) is 0 Å². The zero-order valence-electron chi connectivity index (χ0n) is 14.5. The maximum Gasteiger partial charge on any atom is 0.252 e. The Bertz CT molecular complexity index is 995. The molecule has 0 aliphatic carbocycles. The SMILES string of the molecule is CCOc1ccc(S(=O)(=O)N2CCN(S(=O)(=O)c3ccc(Br)s3)CC2)cc1. The summed E-state index contributed by atoms with van der Waals surface area (Å²) in [6, 6.07) is 9.48. The molecule has 0 radical (unpaired) electrons. The van der Waals surface area contributed by atoms with Gasteiger partial charge in [-0.15, -0.1) is 11.3 Å². The van der Waals surface area contributed by atoms with Gasteiger partial charge in [0.25, 0.3) is 10.0 Å². The van der Waals surface area contributed by atoms with Gasteiger partial charge >= 0.3 is 0 Å². The van der Waals surface area contributed by atoms with Crippen molar-refractivity contribution in [3.05, 3.63) is 40.2 Å². The van der Waals surface area contributed by atoms with Gasteiger partial charge in [-0.1, -0.05) is 0 Å². The van der Waals surface area contributed by atoms with Crippen LogP contribution in [0.1, 0.15) is 6.92 Å². The van der Waals surface area contributed by atoms with Gasteiger partial charge in [0, 0.05) is 26.2 Å². The second-order valence-electron chi connectivity index (χ2n) is 5.77. The lowest BCUT2D eigenvalue weighted by atomic mass is 10.3. The zero-order chi connectivity index (χ0) is 19.7. The summed E-state index contributed by atoms with van der Waals surface area (Å²) in [6.07, 6.45) is 0. The van der Waals surface area contributed by atoms with E-state index in [2.05, 4.69) is 15.9 Å². The molecule has 0 saturated carbocycles. The van der Waals surface area contributed by atoms with Crippen LogP contribution in [-0.2, 0) is 20.0 Å². The number of rotatable bonds is 6. The summed E-state index contributed by atoms with van der Waals surface area (Å²) in [6.45, 7) is 2.82. The van der Waals surface area contributed by atoms with Crippen LogP contribution < -0.4 is 4.74 Å². The molecule has 1 aliphatic rings. The van der Waals surface area contributed by atoms with Gasteiger partial charge in [-0.25, -0.2) is 16.8 Å². The highest BCUT2D eigenvalue weighted by Gasteiger charge is 2.34. The Kier molecular flexibility index (Phi) is 6.28. The molecule has 1 aliphatic heterocycles. The third kappa shape index (κ3) is 4.38. The van der Waals surface area contributed by atoms with E-state index in [4.69, 9.17) is 4.74 Å². The Balaban J connectivity index is 1.71. The molecule has 1 aromatic heterocycles. The van der Waals surface area contributed by atoms with Crippen molar-refractivity contribution in [2.24, 2.45) is 0 Å². The van der Waals surface area contributed by atoms with Crippen molar-refractivity contribution in [2.75, 3.05) is 32.8 Å². The molecule has 0 atom stereocenters. The fourth-order valence-corrected chi connectivity index (χ4v) is 7.75. The van der Waals surface area contributed by atoms with Gasteiger partial charge < -0.3 is 4.74 Å². The van der Waals surface area contributed by atoms with E-state index in [1.54, 1.807) is 24.3 Å². The van der Waals surface area contributed by atoms with Crippen LogP contribution in [0, 0.1) is 0 Å². The second kappa shape index (κ2) is 8.18. The summed E-state index contributed by atoms with van der Waals surface area (Å²) in [7, 11) is -7.27. The molecule has 0 N–H and O–H groups in total. The van der Waals surface area contributed by atoms with Gasteiger partial charge in [0.2, 0.25) is 10.0 Å². The first-order chi connectivity index (χ1) is 12.7. The van der Waals surface area contributed by atoms with Crippen LogP contribution in [0.4, 0.5) is 0 Å². The molecule has 1 fully saturated rings. The number of nitrogens with zero attached hydrogens (tertiary/aromatic N) is 2. The molecular weight excluding hydrogens is 476 g/mol. The Hall–Kier alpha value is -0.980. The molecule has 2 heterocycles. The predicted molar refractivity (Wildman–Crippen MR) is 107 cm³/mol. The highest BCUT2D eigenvalue weighted by Crippen LogP contribution is 2.29. The largest absolute Gasteiger partial charge is 0.494 e. The molecule has 3 rings (SSSR count). The molecule has 148 valence electrons. The minimum absolute atomic E-state index is 0.112. The molecule has 0 spiro atoms. The van der Waals surface area contributed by atoms with Crippen LogP contribution in [0.5, 0.6) is 5.75 Å². The lowest BCUT2D eigenvalue weighted by molar-refractivity contribution is 0.273. The van der Waals surface area contributed by atoms with E-state index >= 15 is 0 Å². The minimum atomic E-state index is -3.67. The summed E-state index contributed by atoms with van der Waals surface area (Å²) >= 11 is 4.40. The van der Waals surface area contributed by atoms with Crippen molar-refractivity contribution in [1.29, 1.82) is 0 Å². The van der Waals surface area contributed by atoms with Crippen LogP contribution >= 0.6 is 27.3 Å². The normalized spacial score (nSPS) is 17.1. The number of sulfonamides is 2. The summed E-state index contributed by atoms with van der Waals surface area (Å²) < 4.78 is 59.9. The van der Waals surface area contributed by atoms with Crippen molar-refractivity contribution in [3.8, 4) is 5.75 Å². The fourth-order valence-electron chi connectivity index (χ4n) is 2.74. The number of halogens is 1. The number of ether oxygens (including phenoxy) is 1. The molecule has 1 saturated heterocycles. The van der Waals surface area contributed by atoms with Crippen LogP contribution in [0.25, 0.3) is 0 Å². The number of hydrogen-bond donors (Lipinski definition) is 0. The van der Waals surface area contributed by atoms with E-state index in [0.717, 1.165) is 15.1 Å². The van der Waals surface area contributed by atoms with Gasteiger partial charge in [0.15, 0.2) is 0 Å². The smallest absolute Gasteiger partial charge is 0.252 e. The van der Waals surface area contributed by atoms with Crippen LogP contribution in [-0.4, -0.2) is 58.2 Å². The highest BCUT2D eigenvalue weighted by atomic mass is 79.9. The standard InChI is InChI=1S/C16H19BrN2O5S3/c1-2-24-13-3-5-14(6-4-13)26(20,21)18-9-11-19(12-10-18)27(22,23)16-8-7-15(17)25-16/h3-8H,2,9-12H2,1H3. The fraction of sp³-hybridized carbons (Fsp3) is 0.375. The lowest BCUT2D eigenvalue weighted by Gasteiger charge is -2.32. The van der Waals surface area contributed by atoms with Crippen LogP contribution in [0.3, 0.4) is 0 Å². The van der Waals surface area contributed by atoms with Gasteiger partial charge in [0.1, 0.15) is 9.96 Å². The van der Waals surface area contributed by atoms with Crippen molar-refractivity contribution in [2.45, 2.75) is 16.0 Å². The predicted octanol–water partition coefficient (Wildman–Crippen LogP) is 2.60. The monoisotopic (exact) mass is 494 g/mol. The summed E-state index contributed by atoms with van der Waals surface area (Å²) in [5, 5.41) is 0. The first kappa shape index (κ1) is 20.7. The number of thiophene rings is 1. The molecule has 0 bridgehead atoms. The summed E-state index contributed by atoms with van der Waals surface area (Å²) in [5.74, 6) is 0.606. The van der Waals surface area contributed by atoms with Crippen molar-refractivity contribution < 1.29 is 21.6 Å². The maximum atomic E-state index is 12.8. The first-order valence-corrected chi connectivity index (χ1v) is 12.7. The Labute approximate surface area is 171 Å². The minimum Gasteiger partial charge on any atom is -0.494 e. The van der Waals surface area contributed by atoms with E-state index in [-0.39, 0.29) is 35.3 Å². The van der Waals surface area contributed by atoms with Crippen molar-refractivity contribution >= 4 is 47.3 Å². The average molecular weight is 495 g/mol. The molecule has 27 heavy (non-hydrogen) atoms. The van der Waals surface area contributed by atoms with Crippen molar-refractivity contribution in [3.63, 3.8) is 0 Å². The molecule has 0 unspecified atom stereocenters. The summed E-state index contributed by atoms with van der Waals surface area (Å²) in [5.41, 5.74) is 0. The number of hydrogen-bond acceptors (Lipinski definition) is 6. The molecule has 0 amide bonds. The Morgan fingerprint density at radius 3 is 1.96 bits per heavy atom. The Morgan fingerprint density at radius 2 is 1.48 bits per heavy atom. The van der Waals surface area contributed by atoms with E-state index in [9.17, 15) is 16.8 Å². The van der Waals surface area contributed by atoms with E-state index in [1.807, 2.05) is 6.92 Å². The molecular formula is C16H19BrN2O5S3. The zero-order valence-corrected chi connectivity index (χ0v) is 18.6. The number of piperazine rings is 1. The van der Waals surface area contributed by atoms with Crippen LogP contribution in [0.15, 0.2) is 49.3 Å². The lowest BCUT2D eigenvalue weighted by Crippen LogP contribution is -2.50. The first-order valence-electron chi connectivity index (χ1n) is 8.23. The Morgan fingerprint density at radius 1 is 0.926 bits per heavy atom. The van der Waals surface area contributed by atoms with Gasteiger partial charge in [0.05, 0.1) is 15.3 Å². The quantitative estimate of drug-likeness (QED) is 0.615. The van der Waals surface area contributed by atoms with E-state index in [1.165, 1.54) is 20.7 Å². The number of benzene rings is 1. The van der Waals surface area contributed by atoms with Crippen LogP contribution in [0.2, 0.25) is 0 Å². The third-order valence-electron chi connectivity index (χ3n) is 4.11. The molecule has 11 heteroatoms. The summed E-state index contributed by atoms with van der Waals surface area (Å²) in [4.78, 5) is 0.171. The van der Waals surface area contributed by atoms with E-state index in [0.29, 0.717) is 12.4 Å². The van der Waals surface area contributed by atoms with Crippen molar-refractivity contribution in [1.82, 2.24) is 8.61 Å². The molecule has 1 aromatic carbocycles. The second-order valence-corrected chi connectivity index (χ2v) is 12.3. The van der Waals surface area contributed by atoms with E-state index < -0.39 is 20.0 Å². The third-order valence-corrected chi connectivity index (χ3v) is 10.0. The highest BCUT2D eigenvalue weighted by molar-refractivity contribution is 9.11. The molecule has 7 nitrogen and oxygen atoms in total. The molecule has 2 aromatic rings. The average Bonchev–Trinajstić information content (AvgIpc) is 3.10.